The Hall–Kier alpha value is -1.71. The van der Waals surface area contributed by atoms with Gasteiger partial charge in [-0.05, 0) is 6.07 Å². The van der Waals surface area contributed by atoms with E-state index >= 15 is 0 Å². The molecule has 0 aliphatic carbocycles. The number of aromatic hydroxyl groups is 1. The number of aromatic nitrogens is 1. The second-order valence-corrected chi connectivity index (χ2v) is 5.71. The number of nitrogens with two attached hydrogens (primary N) is 1. The summed E-state index contributed by atoms with van der Waals surface area (Å²) < 4.78 is 23.4. The minimum Gasteiger partial charge on any atom is -0.506 e. The fourth-order valence-electron chi connectivity index (χ4n) is 1.87. The summed E-state index contributed by atoms with van der Waals surface area (Å²) in [6.45, 7) is 0.837. The summed E-state index contributed by atoms with van der Waals surface area (Å²) >= 11 is 0. The van der Waals surface area contributed by atoms with Gasteiger partial charge in [-0.3, -0.25) is 9.78 Å². The predicted octanol–water partition coefficient (Wildman–Crippen LogP) is -1.25. The third-order valence-electron chi connectivity index (χ3n) is 2.86. The summed E-state index contributed by atoms with van der Waals surface area (Å²) in [4.78, 5) is 17.3. The van der Waals surface area contributed by atoms with E-state index in [1.165, 1.54) is 23.4 Å². The van der Waals surface area contributed by atoms with Crippen LogP contribution in [0.15, 0.2) is 18.5 Å². The Balaban J connectivity index is 2.04. The van der Waals surface area contributed by atoms with Crippen molar-refractivity contribution in [1.82, 2.24) is 14.2 Å². The molecule has 1 saturated heterocycles. The molecule has 0 bridgehead atoms. The maximum Gasteiger partial charge on any atom is 0.277 e. The molecule has 1 aliphatic rings. The minimum absolute atomic E-state index is 0.0889. The van der Waals surface area contributed by atoms with Gasteiger partial charge in [0.1, 0.15) is 5.75 Å². The molecule has 1 aromatic heterocycles. The first kappa shape index (κ1) is 13.7. The van der Waals surface area contributed by atoms with Gasteiger partial charge in [0.2, 0.25) is 0 Å². The summed E-state index contributed by atoms with van der Waals surface area (Å²) in [6, 6.07) is 1.32. The van der Waals surface area contributed by atoms with Gasteiger partial charge < -0.3 is 10.0 Å². The van der Waals surface area contributed by atoms with Gasteiger partial charge in [-0.15, -0.1) is 0 Å². The molecule has 104 valence electrons. The van der Waals surface area contributed by atoms with Crippen LogP contribution in [-0.2, 0) is 10.2 Å². The lowest BCUT2D eigenvalue weighted by Crippen LogP contribution is -2.52. The van der Waals surface area contributed by atoms with Crippen LogP contribution in [0.25, 0.3) is 0 Å². The van der Waals surface area contributed by atoms with Crippen LogP contribution in [0.3, 0.4) is 0 Å². The monoisotopic (exact) mass is 286 g/mol. The average molecular weight is 286 g/mol. The molecule has 0 spiro atoms. The summed E-state index contributed by atoms with van der Waals surface area (Å²) in [7, 11) is -3.70. The lowest BCUT2D eigenvalue weighted by Gasteiger charge is -2.32. The first-order chi connectivity index (χ1) is 8.88. The predicted molar refractivity (Wildman–Crippen MR) is 66.5 cm³/mol. The number of pyridine rings is 1. The zero-order chi connectivity index (χ0) is 14.0. The number of hydrogen-bond donors (Lipinski definition) is 2. The number of carbonyl (C=O) groups excluding carboxylic acids is 1. The van der Waals surface area contributed by atoms with Gasteiger partial charge in [-0.25, -0.2) is 5.14 Å². The van der Waals surface area contributed by atoms with Crippen molar-refractivity contribution in [1.29, 1.82) is 0 Å². The summed E-state index contributed by atoms with van der Waals surface area (Å²) in [5.74, 6) is -0.383. The van der Waals surface area contributed by atoms with Crippen molar-refractivity contribution in [2.24, 2.45) is 5.14 Å². The topological polar surface area (TPSA) is 117 Å². The average Bonchev–Trinajstić information content (AvgIpc) is 2.37. The van der Waals surface area contributed by atoms with Crippen molar-refractivity contribution in [3.8, 4) is 5.75 Å². The van der Waals surface area contributed by atoms with Gasteiger partial charge in [-0.1, -0.05) is 0 Å². The molecule has 1 amide bonds. The van der Waals surface area contributed by atoms with Gasteiger partial charge >= 0.3 is 0 Å². The van der Waals surface area contributed by atoms with Crippen molar-refractivity contribution >= 4 is 16.1 Å². The SMILES string of the molecule is NS(=O)(=O)N1CCN(C(=O)c2cncc(O)c2)CC1. The quantitative estimate of drug-likeness (QED) is 0.704. The summed E-state index contributed by atoms with van der Waals surface area (Å²) in [5, 5.41) is 14.3. The van der Waals surface area contributed by atoms with Gasteiger partial charge in [0.25, 0.3) is 16.1 Å². The summed E-state index contributed by atoms with van der Waals surface area (Å²) in [6.07, 6.45) is 2.59. The molecule has 2 heterocycles. The smallest absolute Gasteiger partial charge is 0.277 e. The molecule has 0 atom stereocenters. The number of piperazine rings is 1. The number of carbonyl (C=O) groups is 1. The van der Waals surface area contributed by atoms with Crippen LogP contribution >= 0.6 is 0 Å². The maximum absolute atomic E-state index is 12.1. The van der Waals surface area contributed by atoms with E-state index in [0.717, 1.165) is 4.31 Å². The Morgan fingerprint density at radius 1 is 1.26 bits per heavy atom. The molecule has 1 aromatic rings. The molecule has 3 N–H and O–H groups in total. The zero-order valence-electron chi connectivity index (χ0n) is 10.1. The van der Waals surface area contributed by atoms with E-state index in [2.05, 4.69) is 4.98 Å². The van der Waals surface area contributed by atoms with Gasteiger partial charge in [0.15, 0.2) is 0 Å². The van der Waals surface area contributed by atoms with Crippen LogP contribution in [0, 0.1) is 0 Å². The van der Waals surface area contributed by atoms with Crippen molar-refractivity contribution in [3.63, 3.8) is 0 Å². The third kappa shape index (κ3) is 3.19. The fourth-order valence-corrected chi connectivity index (χ4v) is 2.55. The molecule has 0 unspecified atom stereocenters. The van der Waals surface area contributed by atoms with E-state index in [1.807, 2.05) is 0 Å². The molecule has 19 heavy (non-hydrogen) atoms. The Morgan fingerprint density at radius 2 is 1.89 bits per heavy atom. The second-order valence-electron chi connectivity index (χ2n) is 4.17. The number of hydrogen-bond acceptors (Lipinski definition) is 5. The second kappa shape index (κ2) is 5.11. The van der Waals surface area contributed by atoms with E-state index in [4.69, 9.17) is 5.14 Å². The number of rotatable bonds is 2. The largest absolute Gasteiger partial charge is 0.506 e. The molecule has 2 rings (SSSR count). The van der Waals surface area contributed by atoms with Crippen LogP contribution in [0.4, 0.5) is 0 Å². The Kier molecular flexibility index (Phi) is 3.69. The zero-order valence-corrected chi connectivity index (χ0v) is 10.9. The Labute approximate surface area is 110 Å². The first-order valence-electron chi connectivity index (χ1n) is 5.59. The van der Waals surface area contributed by atoms with Crippen molar-refractivity contribution in [3.05, 3.63) is 24.0 Å². The molecule has 9 heteroatoms. The van der Waals surface area contributed by atoms with Gasteiger partial charge in [0.05, 0.1) is 11.8 Å². The highest BCUT2D eigenvalue weighted by atomic mass is 32.2. The third-order valence-corrected chi connectivity index (χ3v) is 3.94. The summed E-state index contributed by atoms with van der Waals surface area (Å²) in [5.41, 5.74) is 0.268. The molecule has 0 saturated carbocycles. The Morgan fingerprint density at radius 3 is 2.42 bits per heavy atom. The lowest BCUT2D eigenvalue weighted by atomic mass is 10.2. The van der Waals surface area contributed by atoms with Crippen LogP contribution in [0.5, 0.6) is 5.75 Å². The standard InChI is InChI=1S/C10H14N4O4S/c11-19(17,18)14-3-1-13(2-4-14)10(16)8-5-9(15)7-12-6-8/h5-7,15H,1-4H2,(H2,11,17,18). The normalized spacial score (nSPS) is 17.4. The molecule has 1 aliphatic heterocycles. The van der Waals surface area contributed by atoms with Crippen molar-refractivity contribution in [2.45, 2.75) is 0 Å². The maximum atomic E-state index is 12.1. The first-order valence-corrected chi connectivity index (χ1v) is 7.09. The molecule has 1 fully saturated rings. The molecule has 0 radical (unpaired) electrons. The van der Waals surface area contributed by atoms with Crippen LogP contribution in [0.1, 0.15) is 10.4 Å². The van der Waals surface area contributed by atoms with E-state index in [9.17, 15) is 18.3 Å². The minimum atomic E-state index is -3.70. The number of amides is 1. The molecule has 8 nitrogen and oxygen atoms in total. The fraction of sp³-hybridized carbons (Fsp3) is 0.400. The van der Waals surface area contributed by atoms with Gasteiger partial charge in [-0.2, -0.15) is 12.7 Å². The van der Waals surface area contributed by atoms with Gasteiger partial charge in [0, 0.05) is 32.4 Å². The molecular weight excluding hydrogens is 272 g/mol. The van der Waals surface area contributed by atoms with Crippen molar-refractivity contribution < 1.29 is 18.3 Å². The molecule has 0 aromatic carbocycles. The van der Waals surface area contributed by atoms with E-state index in [0.29, 0.717) is 0 Å². The van der Waals surface area contributed by atoms with E-state index < -0.39 is 10.2 Å². The Bertz CT molecular complexity index is 581. The van der Waals surface area contributed by atoms with Crippen LogP contribution < -0.4 is 5.14 Å². The van der Waals surface area contributed by atoms with E-state index in [1.54, 1.807) is 0 Å². The van der Waals surface area contributed by atoms with Crippen LogP contribution in [0.2, 0.25) is 0 Å². The highest BCUT2D eigenvalue weighted by molar-refractivity contribution is 7.86. The molecular formula is C10H14N4O4S. The van der Waals surface area contributed by atoms with Crippen LogP contribution in [-0.4, -0.2) is 59.8 Å². The van der Waals surface area contributed by atoms with E-state index in [-0.39, 0.29) is 43.4 Å². The highest BCUT2D eigenvalue weighted by Crippen LogP contribution is 2.13. The highest BCUT2D eigenvalue weighted by Gasteiger charge is 2.27. The number of nitrogens with zero attached hydrogens (tertiary/aromatic N) is 3. The lowest BCUT2D eigenvalue weighted by molar-refractivity contribution is 0.0697. The van der Waals surface area contributed by atoms with Crippen molar-refractivity contribution in [2.75, 3.05) is 26.2 Å².